The molecule has 2 saturated heterocycles. The Balaban J connectivity index is 1.58. The van der Waals surface area contributed by atoms with E-state index in [1.807, 2.05) is 11.8 Å². The Kier molecular flexibility index (Phi) is 6.68. The third-order valence-corrected chi connectivity index (χ3v) is 7.69. The molecule has 0 saturated carbocycles. The van der Waals surface area contributed by atoms with Gasteiger partial charge in [-0.15, -0.1) is 0 Å². The van der Waals surface area contributed by atoms with Crippen LogP contribution in [0, 0.1) is 6.92 Å². The Labute approximate surface area is 182 Å². The van der Waals surface area contributed by atoms with Gasteiger partial charge in [0.15, 0.2) is 0 Å². The highest BCUT2D eigenvalue weighted by molar-refractivity contribution is 7.89. The molecule has 2 aliphatic heterocycles. The molecule has 1 atom stereocenters. The highest BCUT2D eigenvalue weighted by Crippen LogP contribution is 2.20. The molecule has 2 aliphatic rings. The lowest BCUT2D eigenvalue weighted by Crippen LogP contribution is -2.51. The average molecular weight is 452 g/mol. The summed E-state index contributed by atoms with van der Waals surface area (Å²) in [7, 11) is -3.60. The van der Waals surface area contributed by atoms with Gasteiger partial charge in [-0.3, -0.25) is 19.9 Å². The molecule has 170 valence electrons. The molecular weight excluding hydrogens is 422 g/mol. The van der Waals surface area contributed by atoms with Gasteiger partial charge in [0, 0.05) is 19.6 Å². The van der Waals surface area contributed by atoms with Crippen molar-refractivity contribution in [1.29, 1.82) is 0 Å². The van der Waals surface area contributed by atoms with Crippen LogP contribution in [0.1, 0.15) is 32.3 Å². The van der Waals surface area contributed by atoms with Gasteiger partial charge in [0.05, 0.1) is 11.4 Å². The van der Waals surface area contributed by atoms with Gasteiger partial charge in [-0.1, -0.05) is 24.6 Å². The number of hydrogen-bond donors (Lipinski definition) is 2. The summed E-state index contributed by atoms with van der Waals surface area (Å²) in [4.78, 5) is 39.0. The first-order valence-electron chi connectivity index (χ1n) is 10.3. The maximum atomic E-state index is 12.9. The Morgan fingerprint density at radius 2 is 1.81 bits per heavy atom. The zero-order valence-corrected chi connectivity index (χ0v) is 18.9. The van der Waals surface area contributed by atoms with Gasteiger partial charge in [0.1, 0.15) is 5.54 Å². The molecule has 10 nitrogen and oxygen atoms in total. The van der Waals surface area contributed by atoms with E-state index in [1.165, 1.54) is 4.31 Å². The normalized spacial score (nSPS) is 23.5. The van der Waals surface area contributed by atoms with Crippen LogP contribution in [-0.2, 0) is 19.6 Å². The highest BCUT2D eigenvalue weighted by Gasteiger charge is 2.47. The second-order valence-electron chi connectivity index (χ2n) is 8.14. The Bertz CT molecular complexity index is 965. The first-order chi connectivity index (χ1) is 14.6. The summed E-state index contributed by atoms with van der Waals surface area (Å²) in [6.45, 7) is 6.74. The average Bonchev–Trinajstić information content (AvgIpc) is 2.88. The second-order valence-corrected chi connectivity index (χ2v) is 10.1. The molecule has 0 aromatic heterocycles. The number of imide groups is 1. The van der Waals surface area contributed by atoms with Gasteiger partial charge < -0.3 is 5.32 Å². The predicted octanol–water partition coefficient (Wildman–Crippen LogP) is 0.443. The summed E-state index contributed by atoms with van der Waals surface area (Å²) in [6, 6.07) is 6.07. The lowest BCUT2D eigenvalue weighted by Gasteiger charge is -2.23. The van der Waals surface area contributed by atoms with Crippen molar-refractivity contribution in [3.63, 3.8) is 0 Å². The SMILES string of the molecule is CCC1(C)NC(=O)N(NC(=O)CN2CCCN(S(=O)(=O)c3ccc(C)cc3)CC2)C1=O. The number of rotatable bonds is 6. The first-order valence-corrected chi connectivity index (χ1v) is 11.8. The maximum Gasteiger partial charge on any atom is 0.344 e. The summed E-state index contributed by atoms with van der Waals surface area (Å²) in [6.07, 6.45) is 0.969. The smallest absolute Gasteiger partial charge is 0.322 e. The number of benzene rings is 1. The van der Waals surface area contributed by atoms with E-state index in [0.29, 0.717) is 32.5 Å². The number of urea groups is 1. The predicted molar refractivity (Wildman–Crippen MR) is 113 cm³/mol. The topological polar surface area (TPSA) is 119 Å². The molecule has 2 N–H and O–H groups in total. The molecule has 0 spiro atoms. The van der Waals surface area contributed by atoms with Crippen LogP contribution in [0.15, 0.2) is 29.2 Å². The molecule has 3 rings (SSSR count). The quantitative estimate of drug-likeness (QED) is 0.606. The van der Waals surface area contributed by atoms with Crippen LogP contribution < -0.4 is 10.7 Å². The Hall–Kier alpha value is -2.50. The van der Waals surface area contributed by atoms with Crippen LogP contribution in [-0.4, -0.2) is 78.7 Å². The van der Waals surface area contributed by atoms with Gasteiger partial charge in [0.25, 0.3) is 11.8 Å². The summed E-state index contributed by atoms with van der Waals surface area (Å²) in [5.74, 6) is -1.00. The van der Waals surface area contributed by atoms with E-state index in [0.717, 1.165) is 10.6 Å². The van der Waals surface area contributed by atoms with Gasteiger partial charge in [-0.2, -0.15) is 9.31 Å². The minimum absolute atomic E-state index is 0.0433. The van der Waals surface area contributed by atoms with Gasteiger partial charge in [0.2, 0.25) is 10.0 Å². The van der Waals surface area contributed by atoms with Gasteiger partial charge in [-0.25, -0.2) is 13.2 Å². The minimum Gasteiger partial charge on any atom is -0.322 e. The fraction of sp³-hybridized carbons (Fsp3) is 0.550. The Morgan fingerprint density at radius 3 is 2.42 bits per heavy atom. The van der Waals surface area contributed by atoms with Crippen LogP contribution in [0.4, 0.5) is 4.79 Å². The Morgan fingerprint density at radius 1 is 1.13 bits per heavy atom. The minimum atomic E-state index is -3.60. The number of aryl methyl sites for hydroxylation is 1. The summed E-state index contributed by atoms with van der Waals surface area (Å²) >= 11 is 0. The number of hydrogen-bond acceptors (Lipinski definition) is 6. The standard InChI is InChI=1S/C20H29N5O5S/c1-4-20(3)18(27)25(19(28)21-20)22-17(26)14-23-10-5-11-24(13-12-23)31(29,30)16-8-6-15(2)7-9-16/h6-9H,4-5,10-14H2,1-3H3,(H,21,28)(H,22,26). The van der Waals surface area contributed by atoms with Crippen LogP contribution in [0.5, 0.6) is 0 Å². The van der Waals surface area contributed by atoms with Crippen LogP contribution in [0.3, 0.4) is 0 Å². The van der Waals surface area contributed by atoms with Gasteiger partial charge in [-0.05, 0) is 45.4 Å². The second kappa shape index (κ2) is 8.93. The largest absolute Gasteiger partial charge is 0.344 e. The van der Waals surface area contributed by atoms with E-state index < -0.39 is 33.4 Å². The van der Waals surface area contributed by atoms with Crippen LogP contribution in [0.2, 0.25) is 0 Å². The zero-order chi connectivity index (χ0) is 22.8. The maximum absolute atomic E-state index is 12.9. The number of hydrazine groups is 1. The molecule has 1 aromatic rings. The molecule has 2 fully saturated rings. The van der Waals surface area contributed by atoms with Crippen molar-refractivity contribution in [1.82, 2.24) is 25.0 Å². The van der Waals surface area contributed by atoms with E-state index in [-0.39, 0.29) is 18.0 Å². The highest BCUT2D eigenvalue weighted by atomic mass is 32.2. The summed E-state index contributed by atoms with van der Waals surface area (Å²) < 4.78 is 27.3. The summed E-state index contributed by atoms with van der Waals surface area (Å²) in [5, 5.41) is 3.30. The number of carbonyl (C=O) groups excluding carboxylic acids is 3. The first kappa shape index (κ1) is 23.2. The molecule has 4 amide bonds. The van der Waals surface area contributed by atoms with Crippen molar-refractivity contribution in [3.8, 4) is 0 Å². The van der Waals surface area contributed by atoms with E-state index in [4.69, 9.17) is 0 Å². The van der Waals surface area contributed by atoms with Gasteiger partial charge >= 0.3 is 6.03 Å². The number of nitrogens with one attached hydrogen (secondary N) is 2. The number of carbonyl (C=O) groups is 3. The molecule has 31 heavy (non-hydrogen) atoms. The van der Waals surface area contributed by atoms with Crippen molar-refractivity contribution in [2.45, 2.75) is 44.0 Å². The molecule has 11 heteroatoms. The molecule has 0 bridgehead atoms. The fourth-order valence-corrected chi connectivity index (χ4v) is 5.06. The van der Waals surface area contributed by atoms with E-state index >= 15 is 0 Å². The van der Waals surface area contributed by atoms with Crippen molar-refractivity contribution in [3.05, 3.63) is 29.8 Å². The van der Waals surface area contributed by atoms with Crippen molar-refractivity contribution >= 4 is 27.9 Å². The molecule has 1 aromatic carbocycles. The molecule has 0 aliphatic carbocycles. The summed E-state index contributed by atoms with van der Waals surface area (Å²) in [5.41, 5.74) is 2.32. The van der Waals surface area contributed by atoms with Crippen molar-refractivity contribution in [2.24, 2.45) is 0 Å². The number of amides is 4. The molecular formula is C20H29N5O5S. The van der Waals surface area contributed by atoms with E-state index in [1.54, 1.807) is 38.1 Å². The molecule has 0 radical (unpaired) electrons. The molecule has 1 unspecified atom stereocenters. The zero-order valence-electron chi connectivity index (χ0n) is 18.1. The lowest BCUT2D eigenvalue weighted by atomic mass is 10.00. The van der Waals surface area contributed by atoms with E-state index in [2.05, 4.69) is 10.7 Å². The monoisotopic (exact) mass is 451 g/mol. The van der Waals surface area contributed by atoms with Crippen molar-refractivity contribution < 1.29 is 22.8 Å². The van der Waals surface area contributed by atoms with Crippen LogP contribution >= 0.6 is 0 Å². The third kappa shape index (κ3) is 4.89. The van der Waals surface area contributed by atoms with Crippen molar-refractivity contribution in [2.75, 3.05) is 32.7 Å². The fourth-order valence-electron chi connectivity index (χ4n) is 3.59. The number of nitrogens with zero attached hydrogens (tertiary/aromatic N) is 3. The van der Waals surface area contributed by atoms with E-state index in [9.17, 15) is 22.8 Å². The van der Waals surface area contributed by atoms with Crippen LogP contribution in [0.25, 0.3) is 0 Å². The third-order valence-electron chi connectivity index (χ3n) is 5.78. The molecule has 2 heterocycles. The lowest BCUT2D eigenvalue weighted by molar-refractivity contribution is -0.139. The number of sulfonamides is 1.